The zero-order valence-corrected chi connectivity index (χ0v) is 12.8. The lowest BCUT2D eigenvalue weighted by molar-refractivity contribution is 0.629. The summed E-state index contributed by atoms with van der Waals surface area (Å²) < 4.78 is 0. The lowest BCUT2D eigenvalue weighted by Gasteiger charge is -2.20. The van der Waals surface area contributed by atoms with E-state index in [1.165, 1.54) is 5.56 Å². The first-order chi connectivity index (χ1) is 9.70. The molecule has 0 aromatic heterocycles. The van der Waals surface area contributed by atoms with Crippen LogP contribution >= 0.6 is 23.8 Å². The molecule has 1 atom stereocenters. The Morgan fingerprint density at radius 2 is 1.75 bits per heavy atom. The Labute approximate surface area is 130 Å². The average Bonchev–Trinajstić information content (AvgIpc) is 2.48. The number of para-hydroxylation sites is 1. The van der Waals surface area contributed by atoms with E-state index in [9.17, 15) is 0 Å². The van der Waals surface area contributed by atoms with Gasteiger partial charge < -0.3 is 10.6 Å². The smallest absolute Gasteiger partial charge is 0.171 e. The van der Waals surface area contributed by atoms with Crippen molar-refractivity contribution in [1.29, 1.82) is 0 Å². The summed E-state index contributed by atoms with van der Waals surface area (Å²) in [6.07, 6.45) is 0.953. The van der Waals surface area contributed by atoms with Gasteiger partial charge >= 0.3 is 0 Å². The number of rotatable bonds is 4. The molecule has 0 saturated carbocycles. The Kier molecular flexibility index (Phi) is 5.39. The van der Waals surface area contributed by atoms with Gasteiger partial charge in [-0.2, -0.15) is 0 Å². The molecule has 0 fully saturated rings. The highest BCUT2D eigenvalue weighted by atomic mass is 35.5. The van der Waals surface area contributed by atoms with Crippen LogP contribution < -0.4 is 10.6 Å². The summed E-state index contributed by atoms with van der Waals surface area (Å²) >= 11 is 11.5. The second-order valence-corrected chi connectivity index (χ2v) is 5.27. The van der Waals surface area contributed by atoms with E-state index in [1.54, 1.807) is 0 Å². The first kappa shape index (κ1) is 14.8. The molecular formula is C16H17ClN2S. The largest absolute Gasteiger partial charge is 0.356 e. The van der Waals surface area contributed by atoms with Crippen LogP contribution in [0.3, 0.4) is 0 Å². The van der Waals surface area contributed by atoms with Crippen molar-refractivity contribution >= 4 is 34.6 Å². The minimum Gasteiger partial charge on any atom is -0.356 e. The number of nitrogens with one attached hydrogen (secondary N) is 2. The maximum Gasteiger partial charge on any atom is 0.171 e. The maximum absolute atomic E-state index is 6.11. The van der Waals surface area contributed by atoms with Gasteiger partial charge in [0, 0.05) is 0 Å². The van der Waals surface area contributed by atoms with Crippen molar-refractivity contribution in [2.24, 2.45) is 0 Å². The fraction of sp³-hybridized carbons (Fsp3) is 0.188. The molecule has 2 nitrogen and oxygen atoms in total. The minimum absolute atomic E-state index is 0.193. The Balaban J connectivity index is 2.02. The molecule has 2 rings (SSSR count). The number of benzene rings is 2. The van der Waals surface area contributed by atoms with Crippen LogP contribution in [0.2, 0.25) is 5.02 Å². The molecule has 104 valence electrons. The van der Waals surface area contributed by atoms with Crippen LogP contribution in [0.5, 0.6) is 0 Å². The molecule has 20 heavy (non-hydrogen) atoms. The van der Waals surface area contributed by atoms with Crippen LogP contribution in [0.4, 0.5) is 5.69 Å². The van der Waals surface area contributed by atoms with Crippen molar-refractivity contribution in [3.8, 4) is 0 Å². The minimum atomic E-state index is 0.193. The van der Waals surface area contributed by atoms with Gasteiger partial charge in [0.2, 0.25) is 0 Å². The van der Waals surface area contributed by atoms with Crippen molar-refractivity contribution in [2.75, 3.05) is 5.32 Å². The molecule has 0 heterocycles. The van der Waals surface area contributed by atoms with Crippen LogP contribution in [0.15, 0.2) is 54.6 Å². The number of halogens is 1. The molecule has 2 aromatic rings. The van der Waals surface area contributed by atoms with Gasteiger partial charge in [-0.3, -0.25) is 0 Å². The highest BCUT2D eigenvalue weighted by Gasteiger charge is 2.10. The lowest BCUT2D eigenvalue weighted by Crippen LogP contribution is -2.32. The van der Waals surface area contributed by atoms with Crippen molar-refractivity contribution in [1.82, 2.24) is 5.32 Å². The van der Waals surface area contributed by atoms with Crippen molar-refractivity contribution in [3.05, 3.63) is 65.2 Å². The molecule has 0 radical (unpaired) electrons. The molecular weight excluding hydrogens is 288 g/mol. The third-order valence-electron chi connectivity index (χ3n) is 3.04. The van der Waals surface area contributed by atoms with E-state index in [0.29, 0.717) is 10.1 Å². The molecule has 0 spiro atoms. The number of anilines is 1. The van der Waals surface area contributed by atoms with Gasteiger partial charge in [-0.1, -0.05) is 61.0 Å². The van der Waals surface area contributed by atoms with E-state index in [4.69, 9.17) is 23.8 Å². The molecule has 2 N–H and O–H groups in total. The fourth-order valence-corrected chi connectivity index (χ4v) is 2.42. The summed E-state index contributed by atoms with van der Waals surface area (Å²) in [5.74, 6) is 0. The van der Waals surface area contributed by atoms with Gasteiger partial charge in [0.25, 0.3) is 0 Å². The summed E-state index contributed by atoms with van der Waals surface area (Å²) in [6, 6.07) is 18.0. The fourth-order valence-electron chi connectivity index (χ4n) is 1.99. The molecule has 0 amide bonds. The zero-order chi connectivity index (χ0) is 14.4. The standard InChI is InChI=1S/C16H17ClN2S/c1-2-14(12-8-4-3-5-9-12)18-16(20)19-15-11-7-6-10-13(15)17/h3-11,14H,2H2,1H3,(H2,18,19,20)/t14-/m0/s1. The Morgan fingerprint density at radius 1 is 1.10 bits per heavy atom. The van der Waals surface area contributed by atoms with E-state index in [-0.39, 0.29) is 6.04 Å². The van der Waals surface area contributed by atoms with Gasteiger partial charge in [0.15, 0.2) is 5.11 Å². The van der Waals surface area contributed by atoms with E-state index in [1.807, 2.05) is 42.5 Å². The summed E-state index contributed by atoms with van der Waals surface area (Å²) in [5.41, 5.74) is 2.04. The highest BCUT2D eigenvalue weighted by molar-refractivity contribution is 7.80. The lowest BCUT2D eigenvalue weighted by atomic mass is 10.1. The van der Waals surface area contributed by atoms with Crippen LogP contribution in [-0.4, -0.2) is 5.11 Å². The monoisotopic (exact) mass is 304 g/mol. The molecule has 0 aliphatic rings. The Hall–Kier alpha value is -1.58. The first-order valence-corrected chi connectivity index (χ1v) is 7.36. The summed E-state index contributed by atoms with van der Waals surface area (Å²) in [7, 11) is 0. The van der Waals surface area contributed by atoms with E-state index < -0.39 is 0 Å². The number of thiocarbonyl (C=S) groups is 1. The van der Waals surface area contributed by atoms with Gasteiger partial charge in [0.05, 0.1) is 16.8 Å². The van der Waals surface area contributed by atoms with E-state index in [2.05, 4.69) is 29.7 Å². The molecule has 0 aliphatic carbocycles. The topological polar surface area (TPSA) is 24.1 Å². The molecule has 0 aliphatic heterocycles. The van der Waals surface area contributed by atoms with Crippen LogP contribution in [0.25, 0.3) is 0 Å². The van der Waals surface area contributed by atoms with Gasteiger partial charge in [-0.15, -0.1) is 0 Å². The predicted octanol–water partition coefficient (Wildman–Crippen LogP) is 4.78. The normalized spacial score (nSPS) is 11.7. The Morgan fingerprint density at radius 3 is 2.40 bits per heavy atom. The van der Waals surface area contributed by atoms with Crippen LogP contribution in [0.1, 0.15) is 24.9 Å². The predicted molar refractivity (Wildman–Crippen MR) is 90.3 cm³/mol. The maximum atomic E-state index is 6.11. The SMILES string of the molecule is CC[C@H](NC(=S)Nc1ccccc1Cl)c1ccccc1. The molecule has 0 saturated heterocycles. The van der Waals surface area contributed by atoms with Crippen molar-refractivity contribution in [2.45, 2.75) is 19.4 Å². The zero-order valence-electron chi connectivity index (χ0n) is 11.3. The molecule has 0 unspecified atom stereocenters. The second kappa shape index (κ2) is 7.27. The van der Waals surface area contributed by atoms with E-state index >= 15 is 0 Å². The third kappa shape index (κ3) is 3.95. The number of hydrogen-bond acceptors (Lipinski definition) is 1. The quantitative estimate of drug-likeness (QED) is 0.795. The van der Waals surface area contributed by atoms with Gasteiger partial charge in [-0.25, -0.2) is 0 Å². The molecule has 4 heteroatoms. The summed E-state index contributed by atoms with van der Waals surface area (Å²) in [5, 5.41) is 7.69. The van der Waals surface area contributed by atoms with Gasteiger partial charge in [-0.05, 0) is 36.3 Å². The Bertz CT molecular complexity index is 572. The van der Waals surface area contributed by atoms with Crippen molar-refractivity contribution in [3.63, 3.8) is 0 Å². The first-order valence-electron chi connectivity index (χ1n) is 6.57. The van der Waals surface area contributed by atoms with Gasteiger partial charge in [0.1, 0.15) is 0 Å². The number of hydrogen-bond donors (Lipinski definition) is 2. The molecule has 0 bridgehead atoms. The van der Waals surface area contributed by atoms with Crippen LogP contribution in [0, 0.1) is 0 Å². The molecule has 2 aromatic carbocycles. The van der Waals surface area contributed by atoms with E-state index in [0.717, 1.165) is 12.1 Å². The highest BCUT2D eigenvalue weighted by Crippen LogP contribution is 2.21. The van der Waals surface area contributed by atoms with Crippen molar-refractivity contribution < 1.29 is 0 Å². The third-order valence-corrected chi connectivity index (χ3v) is 3.59. The van der Waals surface area contributed by atoms with Crippen LogP contribution in [-0.2, 0) is 0 Å². The summed E-state index contributed by atoms with van der Waals surface area (Å²) in [6.45, 7) is 2.13. The summed E-state index contributed by atoms with van der Waals surface area (Å²) in [4.78, 5) is 0. The average molecular weight is 305 g/mol. The second-order valence-electron chi connectivity index (χ2n) is 4.45.